The molecule has 5 rings (SSSR count). The molecule has 0 radical (unpaired) electrons. The molecule has 182 valence electrons. The van der Waals surface area contributed by atoms with E-state index in [1.54, 1.807) is 29.0 Å². The highest BCUT2D eigenvalue weighted by Gasteiger charge is 2.39. The molecule has 8 heteroatoms. The first-order valence-electron chi connectivity index (χ1n) is 11.8. The number of nitrogens with zero attached hydrogens (tertiary/aromatic N) is 3. The molecule has 0 aliphatic carbocycles. The van der Waals surface area contributed by atoms with Gasteiger partial charge in [-0.3, -0.25) is 9.89 Å². The number of benzene rings is 3. The Labute approximate surface area is 207 Å². The van der Waals surface area contributed by atoms with Gasteiger partial charge in [0.25, 0.3) is 5.91 Å². The van der Waals surface area contributed by atoms with Gasteiger partial charge in [0.15, 0.2) is 11.4 Å². The monoisotopic (exact) mass is 483 g/mol. The van der Waals surface area contributed by atoms with Gasteiger partial charge in [0, 0.05) is 11.1 Å². The van der Waals surface area contributed by atoms with Crippen molar-refractivity contribution in [1.29, 1.82) is 0 Å². The second-order valence-corrected chi connectivity index (χ2v) is 8.50. The van der Waals surface area contributed by atoms with Gasteiger partial charge in [-0.2, -0.15) is 5.10 Å². The van der Waals surface area contributed by atoms with Gasteiger partial charge in [0.2, 0.25) is 0 Å². The van der Waals surface area contributed by atoms with Gasteiger partial charge in [0.1, 0.15) is 12.5 Å². The Kier molecular flexibility index (Phi) is 6.35. The summed E-state index contributed by atoms with van der Waals surface area (Å²) < 4.78 is 15.5. The number of aryl methyl sites for hydroxylation is 2. The number of imidazole rings is 1. The third kappa shape index (κ3) is 4.05. The van der Waals surface area contributed by atoms with Crippen LogP contribution in [0.5, 0.6) is 0 Å². The number of halogens is 1. The fraction of sp³-hybridized carbons (Fsp3) is 0.179. The number of fused-ring (bicyclic) bond motifs is 1. The van der Waals surface area contributed by atoms with Crippen LogP contribution in [0.4, 0.5) is 10.2 Å². The smallest absolute Gasteiger partial charge is 0.256 e. The molecule has 2 heterocycles. The Morgan fingerprint density at radius 2 is 1.72 bits per heavy atom. The largest absolute Gasteiger partial charge is 0.373 e. The summed E-state index contributed by atoms with van der Waals surface area (Å²) in [6, 6.07) is 23.4. The predicted molar refractivity (Wildman–Crippen MR) is 137 cm³/mol. The van der Waals surface area contributed by atoms with Crippen molar-refractivity contribution in [2.75, 3.05) is 12.0 Å². The third-order valence-electron chi connectivity index (χ3n) is 6.36. The number of amides is 1. The quantitative estimate of drug-likeness (QED) is 0.295. The minimum absolute atomic E-state index is 0.0284. The molecule has 5 aromatic rings. The molecular weight excluding hydrogens is 457 g/mol. The van der Waals surface area contributed by atoms with Crippen LogP contribution in [0.2, 0.25) is 0 Å². The van der Waals surface area contributed by atoms with Gasteiger partial charge in [-0.05, 0) is 35.7 Å². The SMILES string of the molecule is CCc1cn[nH]c1NC(=O)c1ccc2nc(C(O)(c3ccccc3)c3ccccc3)n(CCF)c2c1. The average molecular weight is 484 g/mol. The van der Waals surface area contributed by atoms with Crippen molar-refractivity contribution < 1.29 is 14.3 Å². The Morgan fingerprint density at radius 1 is 1.06 bits per heavy atom. The fourth-order valence-electron chi connectivity index (χ4n) is 4.51. The number of nitrogens with one attached hydrogen (secondary N) is 2. The number of aromatic nitrogens is 4. The fourth-order valence-corrected chi connectivity index (χ4v) is 4.51. The molecule has 0 spiro atoms. The first-order chi connectivity index (χ1) is 17.6. The molecule has 36 heavy (non-hydrogen) atoms. The first-order valence-corrected chi connectivity index (χ1v) is 11.8. The van der Waals surface area contributed by atoms with Crippen molar-refractivity contribution in [3.8, 4) is 0 Å². The van der Waals surface area contributed by atoms with Crippen LogP contribution in [0.1, 0.15) is 39.8 Å². The van der Waals surface area contributed by atoms with Gasteiger partial charge >= 0.3 is 0 Å². The molecule has 0 unspecified atom stereocenters. The molecule has 0 saturated carbocycles. The van der Waals surface area contributed by atoms with E-state index in [4.69, 9.17) is 4.98 Å². The van der Waals surface area contributed by atoms with Crippen LogP contribution in [-0.2, 0) is 18.6 Å². The number of carbonyl (C=O) groups is 1. The molecule has 0 saturated heterocycles. The summed E-state index contributed by atoms with van der Waals surface area (Å²) in [4.78, 5) is 17.8. The summed E-state index contributed by atoms with van der Waals surface area (Å²) in [6.45, 7) is 1.28. The number of rotatable bonds is 8. The van der Waals surface area contributed by atoms with Gasteiger partial charge in [-0.15, -0.1) is 0 Å². The molecule has 0 atom stereocenters. The van der Waals surface area contributed by atoms with E-state index >= 15 is 0 Å². The maximum absolute atomic E-state index is 13.8. The number of anilines is 1. The molecule has 0 aliphatic rings. The number of aliphatic hydroxyl groups is 1. The van der Waals surface area contributed by atoms with Crippen LogP contribution in [0, 0.1) is 0 Å². The number of H-pyrrole nitrogens is 1. The van der Waals surface area contributed by atoms with Crippen LogP contribution >= 0.6 is 0 Å². The molecular formula is C28H26FN5O2. The van der Waals surface area contributed by atoms with E-state index in [0.29, 0.717) is 33.5 Å². The summed E-state index contributed by atoms with van der Waals surface area (Å²) in [5.41, 5.74) is 1.97. The summed E-state index contributed by atoms with van der Waals surface area (Å²) in [6.07, 6.45) is 2.39. The number of aromatic amines is 1. The van der Waals surface area contributed by atoms with Gasteiger partial charge in [-0.25, -0.2) is 9.37 Å². The van der Waals surface area contributed by atoms with Gasteiger partial charge in [-0.1, -0.05) is 67.6 Å². The lowest BCUT2D eigenvalue weighted by Crippen LogP contribution is -2.33. The van der Waals surface area contributed by atoms with E-state index in [1.165, 1.54) is 0 Å². The lowest BCUT2D eigenvalue weighted by atomic mass is 9.85. The van der Waals surface area contributed by atoms with E-state index in [-0.39, 0.29) is 18.3 Å². The summed E-state index contributed by atoms with van der Waals surface area (Å²) in [7, 11) is 0. The zero-order valence-corrected chi connectivity index (χ0v) is 19.8. The maximum Gasteiger partial charge on any atom is 0.256 e. The molecule has 1 amide bonds. The second kappa shape index (κ2) is 9.75. The zero-order chi connectivity index (χ0) is 25.1. The highest BCUT2D eigenvalue weighted by Crippen LogP contribution is 2.37. The third-order valence-corrected chi connectivity index (χ3v) is 6.36. The van der Waals surface area contributed by atoms with Crippen LogP contribution in [0.15, 0.2) is 85.1 Å². The second-order valence-electron chi connectivity index (χ2n) is 8.50. The van der Waals surface area contributed by atoms with Crippen LogP contribution in [0.3, 0.4) is 0 Å². The van der Waals surface area contributed by atoms with Crippen molar-refractivity contribution >= 4 is 22.8 Å². The van der Waals surface area contributed by atoms with Crippen molar-refractivity contribution in [3.05, 3.63) is 113 Å². The van der Waals surface area contributed by atoms with Crippen LogP contribution in [0.25, 0.3) is 11.0 Å². The van der Waals surface area contributed by atoms with E-state index in [0.717, 1.165) is 12.0 Å². The minimum atomic E-state index is -1.63. The van der Waals surface area contributed by atoms with Gasteiger partial charge in [0.05, 0.1) is 23.8 Å². The number of alkyl halides is 1. The molecule has 0 bridgehead atoms. The van der Waals surface area contributed by atoms with Crippen LogP contribution in [-0.4, -0.2) is 37.4 Å². The zero-order valence-electron chi connectivity index (χ0n) is 19.8. The Balaban J connectivity index is 1.65. The van der Waals surface area contributed by atoms with Crippen molar-refractivity contribution in [2.45, 2.75) is 25.5 Å². The Hall–Kier alpha value is -4.30. The maximum atomic E-state index is 13.8. The lowest BCUT2D eigenvalue weighted by molar-refractivity contribution is 0.102. The van der Waals surface area contributed by atoms with E-state index in [9.17, 15) is 14.3 Å². The van der Waals surface area contributed by atoms with Crippen LogP contribution < -0.4 is 5.32 Å². The number of carbonyl (C=O) groups excluding carboxylic acids is 1. The molecule has 7 nitrogen and oxygen atoms in total. The molecule has 3 N–H and O–H groups in total. The lowest BCUT2D eigenvalue weighted by Gasteiger charge is -2.29. The molecule has 0 fully saturated rings. The summed E-state index contributed by atoms with van der Waals surface area (Å²) >= 11 is 0. The summed E-state index contributed by atoms with van der Waals surface area (Å²) in [5, 5.41) is 21.9. The number of hydrogen-bond donors (Lipinski definition) is 3. The Bertz CT molecular complexity index is 1460. The number of hydrogen-bond acceptors (Lipinski definition) is 4. The highest BCUT2D eigenvalue weighted by molar-refractivity contribution is 6.05. The van der Waals surface area contributed by atoms with Crippen molar-refractivity contribution in [3.63, 3.8) is 0 Å². The van der Waals surface area contributed by atoms with E-state index in [1.807, 2.05) is 67.6 Å². The normalized spacial score (nSPS) is 11.6. The van der Waals surface area contributed by atoms with E-state index < -0.39 is 12.3 Å². The molecule has 2 aromatic heterocycles. The van der Waals surface area contributed by atoms with Gasteiger partial charge < -0.3 is 15.0 Å². The molecule has 0 aliphatic heterocycles. The highest BCUT2D eigenvalue weighted by atomic mass is 19.1. The van der Waals surface area contributed by atoms with Crippen molar-refractivity contribution in [1.82, 2.24) is 19.7 Å². The Morgan fingerprint density at radius 3 is 2.33 bits per heavy atom. The summed E-state index contributed by atoms with van der Waals surface area (Å²) in [5.74, 6) is 0.502. The standard InChI is InChI=1S/C28H26FN5O2/c1-2-19-18-30-33-25(19)32-26(35)20-13-14-23-24(17-20)34(16-15-29)27(31-23)28(36,21-9-5-3-6-10-21)22-11-7-4-8-12-22/h3-14,17-18,36H,2,15-16H2,1H3,(H2,30,32,33,35). The predicted octanol–water partition coefficient (Wildman–Crippen LogP) is 4.83. The minimum Gasteiger partial charge on any atom is -0.373 e. The molecule has 3 aromatic carbocycles. The van der Waals surface area contributed by atoms with Crippen molar-refractivity contribution in [2.24, 2.45) is 0 Å². The van der Waals surface area contributed by atoms with E-state index in [2.05, 4.69) is 15.5 Å². The first kappa shape index (κ1) is 23.4. The topological polar surface area (TPSA) is 95.8 Å². The average Bonchev–Trinajstić information content (AvgIpc) is 3.53.